The van der Waals surface area contributed by atoms with Crippen molar-refractivity contribution in [2.45, 2.75) is 19.1 Å². The van der Waals surface area contributed by atoms with Crippen LogP contribution in [0.4, 0.5) is 0 Å². The molecule has 1 aliphatic rings. The molecule has 28 heavy (non-hydrogen) atoms. The zero-order valence-electron chi connectivity index (χ0n) is 14.7. The SMILES string of the molecule is O=C(Cn1nnc(-c2cccs2)n1)N(Cc1ccccc1)[C@@H]1C=CS(=O)(=O)C1. The lowest BCUT2D eigenvalue weighted by atomic mass is 10.1. The molecule has 1 aliphatic heterocycles. The molecule has 2 aromatic heterocycles. The molecule has 1 atom stereocenters. The standard InChI is InChI=1S/C18H17N5O3S2/c24-17(12-23-20-18(19-21-23)16-7-4-9-27-16)22(11-14-5-2-1-3-6-14)15-8-10-28(25,26)13-15/h1-10,15H,11-13H2/t15-/m1/s1. The minimum absolute atomic E-state index is 0.114. The predicted molar refractivity (Wildman–Crippen MR) is 105 cm³/mol. The van der Waals surface area contributed by atoms with E-state index < -0.39 is 15.9 Å². The Hall–Kier alpha value is -2.85. The van der Waals surface area contributed by atoms with Gasteiger partial charge in [0.15, 0.2) is 9.84 Å². The van der Waals surface area contributed by atoms with Gasteiger partial charge in [-0.2, -0.15) is 4.80 Å². The van der Waals surface area contributed by atoms with Gasteiger partial charge in [0.25, 0.3) is 0 Å². The summed E-state index contributed by atoms with van der Waals surface area (Å²) < 4.78 is 23.7. The fraction of sp³-hybridized carbons (Fsp3) is 0.222. The van der Waals surface area contributed by atoms with Crippen molar-refractivity contribution in [3.05, 3.63) is 64.9 Å². The van der Waals surface area contributed by atoms with Gasteiger partial charge in [0.2, 0.25) is 11.7 Å². The van der Waals surface area contributed by atoms with E-state index in [1.807, 2.05) is 47.8 Å². The van der Waals surface area contributed by atoms with Crippen LogP contribution in [0, 0.1) is 0 Å². The van der Waals surface area contributed by atoms with E-state index >= 15 is 0 Å². The molecule has 0 saturated heterocycles. The summed E-state index contributed by atoms with van der Waals surface area (Å²) >= 11 is 1.49. The van der Waals surface area contributed by atoms with E-state index in [0.717, 1.165) is 10.4 Å². The van der Waals surface area contributed by atoms with Gasteiger partial charge in [0.05, 0.1) is 16.7 Å². The van der Waals surface area contributed by atoms with Gasteiger partial charge in [-0.05, 0) is 28.3 Å². The summed E-state index contributed by atoms with van der Waals surface area (Å²) in [6, 6.07) is 12.7. The quantitative estimate of drug-likeness (QED) is 0.608. The number of tetrazole rings is 1. The summed E-state index contributed by atoms with van der Waals surface area (Å²) in [6.07, 6.45) is 1.56. The summed E-state index contributed by atoms with van der Waals surface area (Å²) in [5.41, 5.74) is 0.916. The van der Waals surface area contributed by atoms with E-state index in [1.165, 1.54) is 21.5 Å². The number of carbonyl (C=O) groups is 1. The van der Waals surface area contributed by atoms with E-state index in [1.54, 1.807) is 11.0 Å². The predicted octanol–water partition coefficient (Wildman–Crippen LogP) is 1.74. The first-order valence-corrected chi connectivity index (χ1v) is 11.2. The van der Waals surface area contributed by atoms with Crippen LogP contribution in [0.5, 0.6) is 0 Å². The lowest BCUT2D eigenvalue weighted by molar-refractivity contribution is -0.134. The van der Waals surface area contributed by atoms with Gasteiger partial charge < -0.3 is 4.90 Å². The monoisotopic (exact) mass is 415 g/mol. The number of nitrogens with zero attached hydrogens (tertiary/aromatic N) is 5. The average Bonchev–Trinajstić information content (AvgIpc) is 3.41. The Morgan fingerprint density at radius 3 is 2.71 bits per heavy atom. The first kappa shape index (κ1) is 18.5. The third-order valence-corrected chi connectivity index (χ3v) is 6.54. The van der Waals surface area contributed by atoms with E-state index in [0.29, 0.717) is 12.4 Å². The molecule has 0 aliphatic carbocycles. The number of rotatable bonds is 6. The molecular weight excluding hydrogens is 398 g/mol. The van der Waals surface area contributed by atoms with Crippen LogP contribution in [-0.4, -0.2) is 51.2 Å². The minimum Gasteiger partial charge on any atom is -0.329 e. The molecule has 1 aromatic carbocycles. The highest BCUT2D eigenvalue weighted by Crippen LogP contribution is 2.20. The van der Waals surface area contributed by atoms with Crippen molar-refractivity contribution in [3.63, 3.8) is 0 Å². The number of sulfone groups is 1. The number of hydrogen-bond acceptors (Lipinski definition) is 7. The second kappa shape index (κ2) is 7.64. The molecule has 1 amide bonds. The molecular formula is C18H17N5O3S2. The lowest BCUT2D eigenvalue weighted by Crippen LogP contribution is -2.42. The van der Waals surface area contributed by atoms with Crippen molar-refractivity contribution in [1.82, 2.24) is 25.1 Å². The Morgan fingerprint density at radius 1 is 1.21 bits per heavy atom. The van der Waals surface area contributed by atoms with E-state index in [9.17, 15) is 13.2 Å². The van der Waals surface area contributed by atoms with Gasteiger partial charge >= 0.3 is 0 Å². The van der Waals surface area contributed by atoms with Crippen molar-refractivity contribution in [1.29, 1.82) is 0 Å². The zero-order valence-corrected chi connectivity index (χ0v) is 16.4. The Balaban J connectivity index is 1.54. The van der Waals surface area contributed by atoms with Crippen molar-refractivity contribution in [2.75, 3.05) is 5.75 Å². The Bertz CT molecular complexity index is 1090. The number of thiophene rings is 1. The molecule has 0 radical (unpaired) electrons. The van der Waals surface area contributed by atoms with Crippen LogP contribution >= 0.6 is 11.3 Å². The highest BCUT2D eigenvalue weighted by molar-refractivity contribution is 7.94. The molecule has 4 rings (SSSR count). The number of benzene rings is 1. The van der Waals surface area contributed by atoms with Gasteiger partial charge in [-0.3, -0.25) is 4.79 Å². The maximum atomic E-state index is 13.0. The summed E-state index contributed by atoms with van der Waals surface area (Å²) in [6.45, 7) is 0.187. The van der Waals surface area contributed by atoms with E-state index in [-0.39, 0.29) is 18.2 Å². The van der Waals surface area contributed by atoms with Crippen molar-refractivity contribution < 1.29 is 13.2 Å². The molecule has 3 heterocycles. The number of aromatic nitrogens is 4. The molecule has 8 nitrogen and oxygen atoms in total. The topological polar surface area (TPSA) is 98.1 Å². The fourth-order valence-electron chi connectivity index (χ4n) is 2.95. The van der Waals surface area contributed by atoms with Crippen LogP contribution in [0.15, 0.2) is 59.3 Å². The van der Waals surface area contributed by atoms with Crippen LogP contribution in [-0.2, 0) is 27.7 Å². The number of amides is 1. The molecule has 0 saturated carbocycles. The number of carbonyl (C=O) groups excluding carboxylic acids is 1. The second-order valence-corrected chi connectivity index (χ2v) is 9.23. The first-order valence-electron chi connectivity index (χ1n) is 8.56. The van der Waals surface area contributed by atoms with Crippen LogP contribution in [0.1, 0.15) is 5.56 Å². The summed E-state index contributed by atoms with van der Waals surface area (Å²) in [5, 5.41) is 15.3. The molecule has 0 spiro atoms. The Labute approximate surface area is 166 Å². The smallest absolute Gasteiger partial charge is 0.247 e. The van der Waals surface area contributed by atoms with Crippen molar-refractivity contribution in [3.8, 4) is 10.7 Å². The summed E-state index contributed by atoms with van der Waals surface area (Å²) in [7, 11) is -3.29. The normalized spacial score (nSPS) is 17.6. The first-order chi connectivity index (χ1) is 13.5. The summed E-state index contributed by atoms with van der Waals surface area (Å²) in [5.74, 6) is 0.0723. The van der Waals surface area contributed by atoms with Gasteiger partial charge in [-0.15, -0.1) is 21.5 Å². The van der Waals surface area contributed by atoms with Gasteiger partial charge in [0.1, 0.15) is 6.54 Å². The summed E-state index contributed by atoms with van der Waals surface area (Å²) in [4.78, 5) is 16.6. The van der Waals surface area contributed by atoms with Crippen molar-refractivity contribution in [2.24, 2.45) is 0 Å². The minimum atomic E-state index is -3.29. The number of hydrogen-bond donors (Lipinski definition) is 0. The van der Waals surface area contributed by atoms with Crippen LogP contribution in [0.3, 0.4) is 0 Å². The van der Waals surface area contributed by atoms with E-state index in [2.05, 4.69) is 15.4 Å². The highest BCUT2D eigenvalue weighted by atomic mass is 32.2. The molecule has 10 heteroatoms. The third kappa shape index (κ3) is 4.18. The lowest BCUT2D eigenvalue weighted by Gasteiger charge is -2.27. The Morgan fingerprint density at radius 2 is 2.04 bits per heavy atom. The van der Waals surface area contributed by atoms with Gasteiger partial charge in [-0.25, -0.2) is 8.42 Å². The molecule has 3 aromatic rings. The molecule has 0 unspecified atom stereocenters. The van der Waals surface area contributed by atoms with E-state index in [4.69, 9.17) is 0 Å². The van der Waals surface area contributed by atoms with Crippen LogP contribution in [0.2, 0.25) is 0 Å². The van der Waals surface area contributed by atoms with Crippen LogP contribution < -0.4 is 0 Å². The molecule has 0 fully saturated rings. The maximum absolute atomic E-state index is 13.0. The fourth-order valence-corrected chi connectivity index (χ4v) is 4.90. The second-order valence-electron chi connectivity index (χ2n) is 6.35. The molecule has 144 valence electrons. The van der Waals surface area contributed by atoms with Gasteiger partial charge in [0, 0.05) is 12.0 Å². The third-order valence-electron chi connectivity index (χ3n) is 4.30. The molecule has 0 bridgehead atoms. The average molecular weight is 416 g/mol. The van der Waals surface area contributed by atoms with Crippen LogP contribution in [0.25, 0.3) is 10.7 Å². The largest absolute Gasteiger partial charge is 0.329 e. The maximum Gasteiger partial charge on any atom is 0.247 e. The van der Waals surface area contributed by atoms with Gasteiger partial charge in [-0.1, -0.05) is 36.4 Å². The van der Waals surface area contributed by atoms with Crippen molar-refractivity contribution >= 4 is 27.1 Å². The molecule has 0 N–H and O–H groups in total. The Kier molecular flexibility index (Phi) is 5.05. The zero-order chi connectivity index (χ0) is 19.6. The highest BCUT2D eigenvalue weighted by Gasteiger charge is 2.30.